The van der Waals surface area contributed by atoms with Gasteiger partial charge in [0.15, 0.2) is 25.7 Å². The summed E-state index contributed by atoms with van der Waals surface area (Å²) in [4.78, 5) is 140. The van der Waals surface area contributed by atoms with Crippen molar-refractivity contribution in [3.05, 3.63) is 304 Å². The van der Waals surface area contributed by atoms with Crippen molar-refractivity contribution in [1.82, 2.24) is 39.0 Å². The van der Waals surface area contributed by atoms with E-state index >= 15 is 0 Å². The molecule has 17 aromatic rings. The number of nitrogens with zero attached hydrogens (tertiary/aromatic N) is 13. The van der Waals surface area contributed by atoms with Gasteiger partial charge in [0.1, 0.15) is 28.7 Å². The van der Waals surface area contributed by atoms with Gasteiger partial charge in [0, 0.05) is 146 Å². The number of non-ortho nitro benzene ring substituents is 5. The van der Waals surface area contributed by atoms with E-state index in [1.807, 2.05) is 77.8 Å². The first kappa shape index (κ1) is 117. The van der Waals surface area contributed by atoms with Crippen LogP contribution in [0, 0.1) is 50.6 Å². The van der Waals surface area contributed by atoms with E-state index in [0.29, 0.717) is 122 Å². The number of anilines is 5. The second kappa shape index (κ2) is 50.3. The number of aldehydes is 1. The fourth-order valence-corrected chi connectivity index (χ4v) is 18.8. The van der Waals surface area contributed by atoms with Crippen LogP contribution in [0.2, 0.25) is 0 Å². The summed E-state index contributed by atoms with van der Waals surface area (Å²) < 4.78 is 29.1. The maximum Gasteiger partial charge on any atom is 1.00 e. The first-order valence-electron chi connectivity index (χ1n) is 42.6. The van der Waals surface area contributed by atoms with Crippen molar-refractivity contribution in [2.75, 3.05) is 27.0 Å². The molecule has 47 heteroatoms. The fourth-order valence-electron chi connectivity index (χ4n) is 13.9. The Hall–Kier alpha value is -14.5. The molecule has 0 saturated carbocycles. The number of rotatable bonds is 21. The number of nitrogens with one attached hydrogen (secondary N) is 4. The third-order valence-electron chi connectivity index (χ3n) is 19.5. The summed E-state index contributed by atoms with van der Waals surface area (Å²) in [6, 6.07) is 54.4. The van der Waals surface area contributed by atoms with Gasteiger partial charge in [-0.3, -0.25) is 76.6 Å². The van der Waals surface area contributed by atoms with Crippen LogP contribution in [0.3, 0.4) is 0 Å². The van der Waals surface area contributed by atoms with Crippen molar-refractivity contribution < 1.29 is 104 Å². The van der Waals surface area contributed by atoms with E-state index in [1.165, 1.54) is 111 Å². The van der Waals surface area contributed by atoms with Crippen molar-refractivity contribution in [1.29, 1.82) is 0 Å². The summed E-state index contributed by atoms with van der Waals surface area (Å²) in [5.74, 6) is 0. The van der Waals surface area contributed by atoms with E-state index in [-0.39, 0.29) is 107 Å². The molecule has 0 atom stereocenters. The predicted molar refractivity (Wildman–Crippen MR) is 579 cm³/mol. The summed E-state index contributed by atoms with van der Waals surface area (Å²) in [6.45, 7) is 22.4. The van der Waals surface area contributed by atoms with Crippen LogP contribution >= 0.6 is 85.0 Å². The maximum absolute atomic E-state index is 12.2. The molecule has 38 nitrogen and oxygen atoms in total. The standard InChI is InChI=1S/C22H21N5O4S.C19H18BrN3O4S.C19H19N3O5S.C19H17N3O5S.C18H14N4O2S.2CH4.B.ClH.Na.H/c1-22(2,3)31-21(28)25-20-24-19-17(15-5-4-6-16(11-15)27(29)30)9-14(10-18(19)32-20)12-26-8-7-23-13-26;1-19(2,3)27-18(24)22-17-21-16-14(7-11(10-20)8-15(16)28-17)12-5-4-6-13(9-12)23(25)26;2*1-19(2,3)27-18(24)21-17-20-16-14(7-11(10-23)8-15(16)28-17)12-5-4-6-13(9-12)22(25)26;19-18-20-17-15(13-4-3-5-14(10-13)22(23)24)8-12(9-16(17)25-18)11-21-6-1-2-7-21;;;;;;/h4-11,13H,12H2,1-3H3,(H,24,25,28);4-9H,10H2,1-3H3,(H,21,22,24);4-9,23H,10H2,1-3H3,(H,20,21,24);4-10H,1-3H3,(H,20,21,24);1-10H,11H2,(H2,19,20);2*1H4;;1H;;/q;;;;;;;;;+1;-1. The number of benzene rings is 10. The largest absolute Gasteiger partial charge is 1.00 e. The minimum absolute atomic E-state index is 0. The van der Waals surface area contributed by atoms with E-state index in [1.54, 1.807) is 174 Å². The van der Waals surface area contributed by atoms with Crippen LogP contribution in [0.4, 0.5) is 73.3 Å². The van der Waals surface area contributed by atoms with Gasteiger partial charge in [-0.25, -0.2) is 49.1 Å². The number of carbonyl (C=O) groups excluding carboxylic acids is 5. The Balaban J connectivity index is 0.000000247. The van der Waals surface area contributed by atoms with Crippen LogP contribution in [0.1, 0.15) is 132 Å². The van der Waals surface area contributed by atoms with E-state index in [0.717, 1.165) is 63.3 Å². The first-order valence-corrected chi connectivity index (χ1v) is 47.8. The molecule has 10 aromatic carbocycles. The number of halogens is 2. The quantitative estimate of drug-likeness (QED) is 0.00971. The Morgan fingerprint density at radius 1 is 0.404 bits per heavy atom. The van der Waals surface area contributed by atoms with Crippen molar-refractivity contribution in [2.45, 2.75) is 145 Å². The van der Waals surface area contributed by atoms with E-state index in [4.69, 9.17) is 24.7 Å². The molecule has 7 N–H and O–H groups in total. The number of aromatic nitrogens is 8. The topological polar surface area (TPSA) is 520 Å². The molecule has 0 bridgehead atoms. The zero-order valence-electron chi connectivity index (χ0n) is 80.3. The Morgan fingerprint density at radius 2 is 0.678 bits per heavy atom. The molecule has 753 valence electrons. The van der Waals surface area contributed by atoms with Gasteiger partial charge in [0.25, 0.3) is 28.4 Å². The summed E-state index contributed by atoms with van der Waals surface area (Å²) >= 11 is 9.93. The van der Waals surface area contributed by atoms with Gasteiger partial charge < -0.3 is 40.3 Å². The SMILES string of the molecule is C.C.CC(C)(C)OC(=O)Nc1nc2c(-c3cccc([N+](=O)[O-])c3)cc(C=O)cc2s1.CC(C)(C)OC(=O)Nc1nc2c(-c3cccc([N+](=O)[O-])c3)cc(CBr)cc2s1.CC(C)(C)OC(=O)Nc1nc2c(-c3cccc([N+](=O)[O-])c3)cc(CO)cc2s1.CC(C)(C)OC(=O)Nc1nc2c(-c3cccc([N+](=O)[O-])c3)cc(Cn3ccnc3)cc2s1.Cl.Nc1nc2c(-c3cccc([N+](=O)[O-])c3)cc(Cn3cccc3)cc2s1.[B].[H-].[Na+]. The average molecular weight is 2170 g/mol. The molecule has 0 spiro atoms. The average Bonchev–Trinajstić information content (AvgIpc) is 1.67. The number of fused-ring (bicyclic) bond motifs is 5. The number of imidazole rings is 1. The molecule has 0 aliphatic rings. The number of nitrogens with two attached hydrogens (primary N) is 1. The second-order valence-corrected chi connectivity index (χ2v) is 40.8. The molecule has 0 aliphatic carbocycles. The van der Waals surface area contributed by atoms with Crippen LogP contribution in [0.25, 0.3) is 107 Å². The van der Waals surface area contributed by atoms with Gasteiger partial charge in [0.05, 0.1) is 88.6 Å². The molecule has 0 saturated heterocycles. The second-order valence-electron chi connectivity index (χ2n) is 35.0. The molecule has 146 heavy (non-hydrogen) atoms. The van der Waals surface area contributed by atoms with Crippen molar-refractivity contribution in [2.24, 2.45) is 0 Å². The van der Waals surface area contributed by atoms with Crippen LogP contribution in [0.15, 0.2) is 225 Å². The number of carbonyl (C=O) groups is 5. The third kappa shape index (κ3) is 31.7. The number of aliphatic hydroxyl groups is 1. The Kier molecular flexibility index (Phi) is 40.2. The minimum Gasteiger partial charge on any atom is -1.00 e. The molecule has 0 fully saturated rings. The summed E-state index contributed by atoms with van der Waals surface area (Å²) in [5, 5.41) is 78.4. The zero-order valence-corrected chi connectivity index (χ0v) is 87.8. The molecule has 4 amide bonds. The molecular formula is C99H99BBrClN18NaO20S5. The van der Waals surface area contributed by atoms with Crippen LogP contribution < -0.4 is 56.6 Å². The number of nitrogen functional groups attached to an aromatic ring is 1. The van der Waals surface area contributed by atoms with Crippen LogP contribution in [-0.4, -0.2) is 130 Å². The number of alkyl halides is 1. The normalized spacial score (nSPS) is 10.9. The van der Waals surface area contributed by atoms with Gasteiger partial charge in [-0.1, -0.05) is 148 Å². The van der Waals surface area contributed by atoms with Crippen LogP contribution in [-0.2, 0) is 44.0 Å². The van der Waals surface area contributed by atoms with Crippen molar-refractivity contribution in [3.8, 4) is 55.6 Å². The van der Waals surface area contributed by atoms with Gasteiger partial charge in [0.2, 0.25) is 0 Å². The number of hydrogen-bond donors (Lipinski definition) is 6. The molecule has 7 aromatic heterocycles. The molecule has 7 heterocycles. The van der Waals surface area contributed by atoms with E-state index < -0.39 is 66.5 Å². The summed E-state index contributed by atoms with van der Waals surface area (Å²) in [7, 11) is 0. The number of nitro benzene ring substituents is 5. The zero-order chi connectivity index (χ0) is 102. The Labute approximate surface area is 896 Å². The number of amides is 4. The summed E-state index contributed by atoms with van der Waals surface area (Å²) in [5.41, 5.74) is 17.5. The fraction of sp³-hybridized carbons (Fsp3) is 0.222. The van der Waals surface area contributed by atoms with E-state index in [2.05, 4.69) is 77.7 Å². The maximum atomic E-state index is 12.2. The number of thiazole rings is 5. The van der Waals surface area contributed by atoms with Crippen molar-refractivity contribution >= 4 is 229 Å². The third-order valence-corrected chi connectivity index (χ3v) is 24.6. The number of aliphatic hydroxyl groups excluding tert-OH is 1. The molecule has 3 radical (unpaired) electrons. The van der Waals surface area contributed by atoms with E-state index in [9.17, 15) is 79.7 Å². The van der Waals surface area contributed by atoms with Crippen LogP contribution in [0.5, 0.6) is 0 Å². The predicted octanol–water partition coefficient (Wildman–Crippen LogP) is 24.1. The first-order chi connectivity index (χ1) is 66.7. The molecule has 0 unspecified atom stereocenters. The smallest absolute Gasteiger partial charge is 1.00 e. The number of hydrogen-bond acceptors (Lipinski definition) is 32. The number of nitro groups is 5. The molecule has 0 aliphatic heterocycles. The minimum atomic E-state index is -0.653. The van der Waals surface area contributed by atoms with Gasteiger partial charge in [-0.05, 0) is 206 Å². The van der Waals surface area contributed by atoms with Crippen molar-refractivity contribution in [3.63, 3.8) is 0 Å². The van der Waals surface area contributed by atoms with Gasteiger partial charge in [-0.15, -0.1) is 12.4 Å². The Morgan fingerprint density at radius 3 is 0.966 bits per heavy atom. The molecular weight excluding hydrogens is 2070 g/mol. The van der Waals surface area contributed by atoms with Gasteiger partial charge in [-0.2, -0.15) is 0 Å². The summed E-state index contributed by atoms with van der Waals surface area (Å²) in [6.07, 6.45) is 7.55. The van der Waals surface area contributed by atoms with Gasteiger partial charge >= 0.3 is 53.9 Å². The molecule has 17 rings (SSSR count). The number of ether oxygens (including phenoxy) is 4. The monoisotopic (exact) mass is 2170 g/mol. The Bertz CT molecular complexity index is 7490.